The van der Waals surface area contributed by atoms with Gasteiger partial charge in [0.1, 0.15) is 11.3 Å². The fourth-order valence-corrected chi connectivity index (χ4v) is 6.06. The number of halogens is 2. The summed E-state index contributed by atoms with van der Waals surface area (Å²) in [4.78, 5) is 8.79. The number of fused-ring (bicyclic) bond motifs is 3. The Kier molecular flexibility index (Phi) is 5.25. The van der Waals surface area contributed by atoms with Crippen molar-refractivity contribution < 1.29 is 9.47 Å². The molecule has 33 heavy (non-hydrogen) atoms. The summed E-state index contributed by atoms with van der Waals surface area (Å²) in [5, 5.41) is 2.73. The third-order valence-electron chi connectivity index (χ3n) is 7.03. The van der Waals surface area contributed by atoms with Gasteiger partial charge in [0, 0.05) is 29.4 Å². The third-order valence-corrected chi connectivity index (χ3v) is 8.15. The highest BCUT2D eigenvalue weighted by atomic mass is 79.9. The van der Waals surface area contributed by atoms with Crippen molar-refractivity contribution in [3.63, 3.8) is 0 Å². The quantitative estimate of drug-likeness (QED) is 0.277. The van der Waals surface area contributed by atoms with Gasteiger partial charge in [0.25, 0.3) is 0 Å². The van der Waals surface area contributed by atoms with Gasteiger partial charge in [0.15, 0.2) is 5.79 Å². The van der Waals surface area contributed by atoms with Crippen LogP contribution in [0.15, 0.2) is 59.5 Å². The number of aryl methyl sites for hydroxylation is 1. The van der Waals surface area contributed by atoms with Crippen molar-refractivity contribution in [3.8, 4) is 0 Å². The maximum absolute atomic E-state index is 6.43. The lowest BCUT2D eigenvalue weighted by Crippen LogP contribution is -2.27. The van der Waals surface area contributed by atoms with Crippen molar-refractivity contribution >= 4 is 49.3 Å². The Labute approximate surface area is 206 Å². The summed E-state index contributed by atoms with van der Waals surface area (Å²) in [5.41, 5.74) is 3.40. The van der Waals surface area contributed by atoms with Crippen molar-refractivity contribution in [2.75, 3.05) is 0 Å². The predicted molar refractivity (Wildman–Crippen MR) is 133 cm³/mol. The van der Waals surface area contributed by atoms with Crippen molar-refractivity contribution in [2.24, 2.45) is 5.92 Å². The number of rotatable bonds is 4. The van der Waals surface area contributed by atoms with Gasteiger partial charge in [-0.2, -0.15) is 0 Å². The van der Waals surface area contributed by atoms with Crippen LogP contribution in [0.3, 0.4) is 0 Å². The lowest BCUT2D eigenvalue weighted by molar-refractivity contribution is -0.160. The lowest BCUT2D eigenvalue weighted by Gasteiger charge is -2.25. The van der Waals surface area contributed by atoms with Gasteiger partial charge in [-0.15, -0.1) is 0 Å². The van der Waals surface area contributed by atoms with E-state index in [2.05, 4.69) is 67.0 Å². The summed E-state index contributed by atoms with van der Waals surface area (Å²) in [6.45, 7) is 4.04. The van der Waals surface area contributed by atoms with Crippen molar-refractivity contribution in [3.05, 3.63) is 70.2 Å². The number of hydrogen-bond acceptors (Lipinski definition) is 4. The number of aromatic nitrogens is 3. The van der Waals surface area contributed by atoms with Gasteiger partial charge in [-0.1, -0.05) is 23.7 Å². The average molecular weight is 527 g/mol. The largest absolute Gasteiger partial charge is 0.344 e. The van der Waals surface area contributed by atoms with Crippen molar-refractivity contribution in [1.29, 1.82) is 0 Å². The third kappa shape index (κ3) is 3.87. The van der Waals surface area contributed by atoms with Crippen LogP contribution in [-0.2, 0) is 15.9 Å². The molecule has 4 atom stereocenters. The highest BCUT2D eigenvalue weighted by Crippen LogP contribution is 2.49. The molecular formula is C26H25BrClN3O2. The van der Waals surface area contributed by atoms with Crippen LogP contribution in [0.1, 0.15) is 38.3 Å². The van der Waals surface area contributed by atoms with Gasteiger partial charge in [-0.25, -0.2) is 4.98 Å². The number of pyridine rings is 2. The summed E-state index contributed by atoms with van der Waals surface area (Å²) in [6, 6.07) is 13.0. The zero-order valence-electron chi connectivity index (χ0n) is 18.5. The summed E-state index contributed by atoms with van der Waals surface area (Å²) in [6.07, 6.45) is 9.11. The van der Waals surface area contributed by atoms with Crippen LogP contribution in [0.5, 0.6) is 0 Å². The molecule has 0 N–H and O–H groups in total. The summed E-state index contributed by atoms with van der Waals surface area (Å²) in [7, 11) is 0. The second kappa shape index (κ2) is 8.05. The molecule has 2 fully saturated rings. The zero-order chi connectivity index (χ0) is 22.7. The smallest absolute Gasteiger partial charge is 0.163 e. The maximum atomic E-state index is 6.43. The molecule has 4 aromatic rings. The van der Waals surface area contributed by atoms with Crippen LogP contribution in [0.4, 0.5) is 0 Å². The Balaban J connectivity index is 1.26. The molecule has 2 aliphatic rings. The number of benzene rings is 1. The molecule has 1 aromatic carbocycles. The second-order valence-electron chi connectivity index (χ2n) is 9.61. The fraction of sp³-hybridized carbons (Fsp3) is 0.385. The molecule has 0 bridgehead atoms. The van der Waals surface area contributed by atoms with Crippen LogP contribution >= 0.6 is 27.5 Å². The summed E-state index contributed by atoms with van der Waals surface area (Å²) >= 11 is 9.68. The first-order valence-electron chi connectivity index (χ1n) is 11.4. The second-order valence-corrected chi connectivity index (χ2v) is 10.8. The van der Waals surface area contributed by atoms with Crippen LogP contribution in [0.2, 0.25) is 5.15 Å². The monoisotopic (exact) mass is 525 g/mol. The molecule has 1 aliphatic carbocycles. The van der Waals surface area contributed by atoms with Gasteiger partial charge in [0.05, 0.1) is 27.7 Å². The Morgan fingerprint density at radius 3 is 2.85 bits per heavy atom. The summed E-state index contributed by atoms with van der Waals surface area (Å²) < 4.78 is 16.0. The van der Waals surface area contributed by atoms with Crippen LogP contribution < -0.4 is 0 Å². The van der Waals surface area contributed by atoms with E-state index in [1.807, 2.05) is 32.3 Å². The molecular weight excluding hydrogens is 502 g/mol. The molecule has 0 unspecified atom stereocenters. The van der Waals surface area contributed by atoms with Gasteiger partial charge in [-0.05, 0) is 84.8 Å². The van der Waals surface area contributed by atoms with Gasteiger partial charge in [0.2, 0.25) is 0 Å². The first-order valence-corrected chi connectivity index (χ1v) is 12.6. The molecule has 1 saturated carbocycles. The predicted octanol–water partition coefficient (Wildman–Crippen LogP) is 6.71. The van der Waals surface area contributed by atoms with Crippen molar-refractivity contribution in [2.45, 2.75) is 57.1 Å². The van der Waals surface area contributed by atoms with Crippen molar-refractivity contribution in [1.82, 2.24) is 14.5 Å². The highest BCUT2D eigenvalue weighted by molar-refractivity contribution is 9.10. The molecule has 1 aliphatic heterocycles. The average Bonchev–Trinajstić information content (AvgIpc) is 3.44. The minimum absolute atomic E-state index is 0.0446. The first kappa shape index (κ1) is 21.5. The molecule has 0 radical (unpaired) electrons. The van der Waals surface area contributed by atoms with E-state index in [-0.39, 0.29) is 18.2 Å². The molecule has 0 spiro atoms. The van der Waals surface area contributed by atoms with E-state index in [1.54, 1.807) is 0 Å². The molecule has 5 nitrogen and oxygen atoms in total. The Bertz CT molecular complexity index is 1350. The van der Waals surface area contributed by atoms with E-state index in [0.717, 1.165) is 40.0 Å². The molecule has 1 saturated heterocycles. The molecule has 3 aromatic heterocycles. The molecule has 0 amide bonds. The minimum Gasteiger partial charge on any atom is -0.344 e. The van der Waals surface area contributed by atoms with Gasteiger partial charge < -0.3 is 14.0 Å². The van der Waals surface area contributed by atoms with Crippen LogP contribution in [0.25, 0.3) is 21.8 Å². The molecule has 7 heteroatoms. The standard InChI is InChI=1S/C26H25BrClN3O2/c1-26(2)32-23-17(6-4-15-3-5-16-12-19(27)25(28)30-20(16)11-15)13-22(24(23)33-26)31-10-8-18-14-29-9-7-21(18)31/h3,5,7-12,14,17,22-24H,4,6,13H2,1-2H3/t17-,22+,23+,24-/m0/s1. The van der Waals surface area contributed by atoms with E-state index >= 15 is 0 Å². The fourth-order valence-electron chi connectivity index (χ4n) is 5.58. The first-order chi connectivity index (χ1) is 15.9. The SMILES string of the molecule is CC1(C)O[C@@H]2[C@@H](CCc3ccc4cc(Br)c(Cl)nc4c3)C[C@@H](n3ccc4cnccc43)[C@@H]2O1. The van der Waals surface area contributed by atoms with Crippen LogP contribution in [0, 0.1) is 5.92 Å². The maximum Gasteiger partial charge on any atom is 0.163 e. The zero-order valence-corrected chi connectivity index (χ0v) is 20.9. The van der Waals surface area contributed by atoms with E-state index in [0.29, 0.717) is 11.1 Å². The van der Waals surface area contributed by atoms with Gasteiger partial charge >= 0.3 is 0 Å². The minimum atomic E-state index is -0.562. The number of ether oxygens (including phenoxy) is 2. The Hall–Kier alpha value is -1.99. The summed E-state index contributed by atoms with van der Waals surface area (Å²) in [5.74, 6) is -0.147. The van der Waals surface area contributed by atoms with E-state index in [9.17, 15) is 0 Å². The number of nitrogens with zero attached hydrogens (tertiary/aromatic N) is 3. The molecule has 4 heterocycles. The van der Waals surface area contributed by atoms with E-state index < -0.39 is 5.79 Å². The van der Waals surface area contributed by atoms with E-state index in [1.165, 1.54) is 11.1 Å². The Morgan fingerprint density at radius 1 is 1.12 bits per heavy atom. The van der Waals surface area contributed by atoms with Crippen LogP contribution in [-0.4, -0.2) is 32.5 Å². The lowest BCUT2D eigenvalue weighted by atomic mass is 9.95. The normalized spacial score (nSPS) is 26.3. The van der Waals surface area contributed by atoms with E-state index in [4.69, 9.17) is 21.1 Å². The topological polar surface area (TPSA) is 49.2 Å². The molecule has 6 rings (SSSR count). The highest BCUT2D eigenvalue weighted by Gasteiger charge is 2.54. The number of hydrogen-bond donors (Lipinski definition) is 0. The molecule has 170 valence electrons. The van der Waals surface area contributed by atoms with Gasteiger partial charge in [-0.3, -0.25) is 4.98 Å². The Morgan fingerprint density at radius 2 is 1.97 bits per heavy atom.